The van der Waals surface area contributed by atoms with Crippen molar-refractivity contribution in [1.29, 1.82) is 0 Å². The van der Waals surface area contributed by atoms with E-state index >= 15 is 4.39 Å². The van der Waals surface area contributed by atoms with E-state index in [1.807, 2.05) is 9.80 Å². The quantitative estimate of drug-likeness (QED) is 0.356. The van der Waals surface area contributed by atoms with Gasteiger partial charge in [-0.05, 0) is 24.3 Å². The second-order valence-corrected chi connectivity index (χ2v) is 9.40. The molecule has 0 spiro atoms. The summed E-state index contributed by atoms with van der Waals surface area (Å²) in [6.07, 6.45) is -1.09. The maximum Gasteiger partial charge on any atom is 0.433 e. The van der Waals surface area contributed by atoms with Gasteiger partial charge in [0.25, 0.3) is 0 Å². The third-order valence-corrected chi connectivity index (χ3v) is 6.98. The molecule has 1 aromatic carbocycles. The Hall–Kier alpha value is -4.27. The standard InChI is InChI=1S/C22H22FN7O6S/c1-13(31)24-11-15-12-29(22(32)35-15)14-2-3-17(16(23)10-14)27-6-8-28(9-7-27)21-26-25-20(37-21)18-4-5-19(36-18)30(33)34/h2-5,10,15H,6-9,11-12H2,1H3,(H,24,31)/t15-/m0/s1. The summed E-state index contributed by atoms with van der Waals surface area (Å²) < 4.78 is 25.5. The van der Waals surface area contributed by atoms with Gasteiger partial charge in [0.2, 0.25) is 11.0 Å². The molecule has 3 aromatic rings. The molecule has 0 aliphatic carbocycles. The van der Waals surface area contributed by atoms with E-state index in [0.29, 0.717) is 47.7 Å². The van der Waals surface area contributed by atoms with Crippen LogP contribution < -0.4 is 20.0 Å². The number of ether oxygens (including phenoxy) is 1. The first-order chi connectivity index (χ1) is 17.8. The van der Waals surface area contributed by atoms with Crippen molar-refractivity contribution in [3.63, 3.8) is 0 Å². The van der Waals surface area contributed by atoms with Gasteiger partial charge in [-0.1, -0.05) is 11.3 Å². The zero-order chi connectivity index (χ0) is 26.1. The van der Waals surface area contributed by atoms with E-state index in [4.69, 9.17) is 9.15 Å². The Bertz CT molecular complexity index is 1340. The molecule has 4 heterocycles. The molecule has 2 aromatic heterocycles. The fraction of sp³-hybridized carbons (Fsp3) is 0.364. The Morgan fingerprint density at radius 2 is 1.97 bits per heavy atom. The molecule has 0 saturated carbocycles. The maximum absolute atomic E-state index is 15.1. The summed E-state index contributed by atoms with van der Waals surface area (Å²) in [5.74, 6) is -0.763. The minimum Gasteiger partial charge on any atom is -0.442 e. The minimum atomic E-state index is -0.613. The van der Waals surface area contributed by atoms with E-state index in [-0.39, 0.29) is 30.6 Å². The predicted octanol–water partition coefficient (Wildman–Crippen LogP) is 2.63. The van der Waals surface area contributed by atoms with Crippen molar-refractivity contribution in [3.05, 3.63) is 46.3 Å². The van der Waals surface area contributed by atoms with Crippen molar-refractivity contribution in [2.45, 2.75) is 13.0 Å². The number of hydrogen-bond donors (Lipinski definition) is 1. The molecule has 1 atom stereocenters. The van der Waals surface area contributed by atoms with Gasteiger partial charge in [-0.3, -0.25) is 19.8 Å². The highest BCUT2D eigenvalue weighted by Gasteiger charge is 2.33. The summed E-state index contributed by atoms with van der Waals surface area (Å²) in [6, 6.07) is 7.38. The van der Waals surface area contributed by atoms with Crippen LogP contribution in [-0.4, -0.2) is 72.5 Å². The number of rotatable bonds is 7. The highest BCUT2D eigenvalue weighted by atomic mass is 32.1. The Balaban J connectivity index is 1.20. The number of amides is 2. The minimum absolute atomic E-state index is 0.194. The Morgan fingerprint density at radius 1 is 1.22 bits per heavy atom. The van der Waals surface area contributed by atoms with Crippen LogP contribution in [-0.2, 0) is 9.53 Å². The van der Waals surface area contributed by atoms with Gasteiger partial charge < -0.3 is 24.3 Å². The number of furan rings is 1. The molecule has 5 rings (SSSR count). The second kappa shape index (κ2) is 10.0. The van der Waals surface area contributed by atoms with Gasteiger partial charge in [-0.2, -0.15) is 0 Å². The van der Waals surface area contributed by atoms with Crippen LogP contribution in [0.5, 0.6) is 0 Å². The first-order valence-corrected chi connectivity index (χ1v) is 12.2. The lowest BCUT2D eigenvalue weighted by Crippen LogP contribution is -2.46. The number of piperazine rings is 1. The summed E-state index contributed by atoms with van der Waals surface area (Å²) in [5, 5.41) is 22.8. The van der Waals surface area contributed by atoms with Crippen molar-refractivity contribution in [2.24, 2.45) is 0 Å². The molecule has 37 heavy (non-hydrogen) atoms. The average molecular weight is 532 g/mol. The molecule has 0 bridgehead atoms. The third-order valence-electron chi connectivity index (χ3n) is 5.98. The van der Waals surface area contributed by atoms with Gasteiger partial charge in [0.15, 0.2) is 10.8 Å². The van der Waals surface area contributed by atoms with E-state index in [1.165, 1.54) is 41.4 Å². The average Bonchev–Trinajstić information content (AvgIpc) is 3.62. The van der Waals surface area contributed by atoms with Gasteiger partial charge >= 0.3 is 12.0 Å². The van der Waals surface area contributed by atoms with E-state index < -0.39 is 22.9 Å². The van der Waals surface area contributed by atoms with Crippen molar-refractivity contribution >= 4 is 45.7 Å². The van der Waals surface area contributed by atoms with Crippen LogP contribution in [0.4, 0.5) is 31.6 Å². The van der Waals surface area contributed by atoms with Crippen LogP contribution in [0.15, 0.2) is 34.7 Å². The van der Waals surface area contributed by atoms with Gasteiger partial charge in [0.05, 0.1) is 30.5 Å². The SMILES string of the molecule is CC(=O)NC[C@H]1CN(c2ccc(N3CCN(c4nnc(-c5ccc([N+](=O)[O-])o5)s4)CC3)c(F)c2)C(=O)O1. The van der Waals surface area contributed by atoms with E-state index in [9.17, 15) is 19.7 Å². The lowest BCUT2D eigenvalue weighted by atomic mass is 10.2. The molecular weight excluding hydrogens is 509 g/mol. The molecule has 15 heteroatoms. The monoisotopic (exact) mass is 531 g/mol. The summed E-state index contributed by atoms with van der Waals surface area (Å²) in [6.45, 7) is 3.98. The van der Waals surface area contributed by atoms with Crippen molar-refractivity contribution in [2.75, 3.05) is 54.0 Å². The van der Waals surface area contributed by atoms with Crippen LogP contribution in [0.2, 0.25) is 0 Å². The van der Waals surface area contributed by atoms with Crippen LogP contribution >= 0.6 is 11.3 Å². The molecule has 2 amide bonds. The maximum atomic E-state index is 15.1. The van der Waals surface area contributed by atoms with Gasteiger partial charge in [-0.25, -0.2) is 9.18 Å². The highest BCUT2D eigenvalue weighted by molar-refractivity contribution is 7.18. The first-order valence-electron chi connectivity index (χ1n) is 11.4. The predicted molar refractivity (Wildman–Crippen MR) is 131 cm³/mol. The van der Waals surface area contributed by atoms with Gasteiger partial charge in [0, 0.05) is 33.1 Å². The number of cyclic esters (lactones) is 1. The topological polar surface area (TPSA) is 147 Å². The van der Waals surface area contributed by atoms with Crippen molar-refractivity contribution < 1.29 is 28.1 Å². The largest absolute Gasteiger partial charge is 0.442 e. The molecule has 194 valence electrons. The summed E-state index contributed by atoms with van der Waals surface area (Å²) >= 11 is 1.26. The van der Waals surface area contributed by atoms with Crippen molar-refractivity contribution in [1.82, 2.24) is 15.5 Å². The number of benzene rings is 1. The van der Waals surface area contributed by atoms with Crippen LogP contribution in [0, 0.1) is 15.9 Å². The molecule has 0 radical (unpaired) electrons. The molecule has 2 aliphatic heterocycles. The number of anilines is 3. The van der Waals surface area contributed by atoms with E-state index in [0.717, 1.165) is 0 Å². The molecule has 13 nitrogen and oxygen atoms in total. The number of carbonyl (C=O) groups is 2. The number of nitrogens with one attached hydrogen (secondary N) is 1. The summed E-state index contributed by atoms with van der Waals surface area (Å²) in [7, 11) is 0. The number of hydrogen-bond acceptors (Lipinski definition) is 11. The molecule has 2 aliphatic rings. The molecule has 2 fully saturated rings. The van der Waals surface area contributed by atoms with Crippen LogP contribution in [0.3, 0.4) is 0 Å². The second-order valence-electron chi connectivity index (χ2n) is 8.45. The van der Waals surface area contributed by atoms with Crippen LogP contribution in [0.1, 0.15) is 6.92 Å². The van der Waals surface area contributed by atoms with Gasteiger partial charge in [-0.15, -0.1) is 10.2 Å². The Morgan fingerprint density at radius 3 is 2.65 bits per heavy atom. The number of halogens is 1. The lowest BCUT2D eigenvalue weighted by Gasteiger charge is -2.36. The molecule has 1 N–H and O–H groups in total. The number of carbonyl (C=O) groups excluding carboxylic acids is 2. The van der Waals surface area contributed by atoms with Crippen LogP contribution in [0.25, 0.3) is 10.8 Å². The first kappa shape index (κ1) is 24.4. The molecular formula is C22H22FN7O6S. The third kappa shape index (κ3) is 5.16. The fourth-order valence-corrected chi connectivity index (χ4v) is 5.00. The summed E-state index contributed by atoms with van der Waals surface area (Å²) in [5.41, 5.74) is 0.807. The van der Waals surface area contributed by atoms with Gasteiger partial charge in [0.1, 0.15) is 16.8 Å². The fourth-order valence-electron chi connectivity index (χ4n) is 4.14. The highest BCUT2D eigenvalue weighted by Crippen LogP contribution is 2.33. The Kier molecular flexibility index (Phi) is 6.60. The number of nitro groups is 1. The van der Waals surface area contributed by atoms with E-state index in [2.05, 4.69) is 15.5 Å². The lowest BCUT2D eigenvalue weighted by molar-refractivity contribution is -0.401. The van der Waals surface area contributed by atoms with Crippen molar-refractivity contribution in [3.8, 4) is 10.8 Å². The molecule has 0 unspecified atom stereocenters. The number of aromatic nitrogens is 2. The normalized spacial score (nSPS) is 17.7. The molecule has 2 saturated heterocycles. The Labute approximate surface area is 213 Å². The van der Waals surface area contributed by atoms with E-state index in [1.54, 1.807) is 12.1 Å². The summed E-state index contributed by atoms with van der Waals surface area (Å²) in [4.78, 5) is 38.8. The smallest absolute Gasteiger partial charge is 0.433 e. The number of nitrogens with zero attached hydrogens (tertiary/aromatic N) is 6. The zero-order valence-corrected chi connectivity index (χ0v) is 20.4. The zero-order valence-electron chi connectivity index (χ0n) is 19.6.